The first-order chi connectivity index (χ1) is 18.0. The van der Waals surface area contributed by atoms with Gasteiger partial charge in [-0.3, -0.25) is 14.5 Å². The number of carbonyl (C=O) groups excluding carboxylic acids is 2. The van der Waals surface area contributed by atoms with Crippen LogP contribution in [0.1, 0.15) is 68.5 Å². The maximum absolute atomic E-state index is 14.0. The van der Waals surface area contributed by atoms with E-state index in [1.165, 1.54) is 12.1 Å². The molecule has 0 aromatic heterocycles. The number of ketones is 1. The van der Waals surface area contributed by atoms with Crippen molar-refractivity contribution < 1.29 is 14.0 Å². The Bertz CT molecular complexity index is 1350. The number of rotatable bonds is 6. The molecule has 1 heterocycles. The van der Waals surface area contributed by atoms with Crippen molar-refractivity contribution in [2.45, 2.75) is 57.4 Å². The lowest BCUT2D eigenvalue weighted by atomic mass is 9.78. The van der Waals surface area contributed by atoms with Crippen LogP contribution >= 0.6 is 11.6 Å². The molecule has 1 amide bonds. The predicted molar refractivity (Wildman–Crippen MR) is 146 cm³/mol. The Labute approximate surface area is 222 Å². The molecule has 6 heteroatoms. The summed E-state index contributed by atoms with van der Waals surface area (Å²) >= 11 is 6.73. The van der Waals surface area contributed by atoms with Crippen LogP contribution < -0.4 is 10.2 Å². The number of hydrogen-bond acceptors (Lipinski definition) is 3. The van der Waals surface area contributed by atoms with Gasteiger partial charge in [-0.2, -0.15) is 0 Å². The minimum absolute atomic E-state index is 0.0326. The third-order valence-electron chi connectivity index (χ3n) is 7.29. The van der Waals surface area contributed by atoms with Gasteiger partial charge in [-0.1, -0.05) is 73.8 Å². The summed E-state index contributed by atoms with van der Waals surface area (Å²) in [5.74, 6) is -0.462. The van der Waals surface area contributed by atoms with Gasteiger partial charge in [0.15, 0.2) is 5.78 Å². The molecular weight excluding hydrogens is 487 g/mol. The number of nitrogens with one attached hydrogen (secondary N) is 1. The van der Waals surface area contributed by atoms with Crippen LogP contribution in [0.4, 0.5) is 15.8 Å². The van der Waals surface area contributed by atoms with Gasteiger partial charge in [0.25, 0.3) is 0 Å². The van der Waals surface area contributed by atoms with Gasteiger partial charge in [0, 0.05) is 29.1 Å². The van der Waals surface area contributed by atoms with E-state index in [1.807, 2.05) is 42.5 Å². The molecule has 0 unspecified atom stereocenters. The van der Waals surface area contributed by atoms with Crippen molar-refractivity contribution in [1.82, 2.24) is 0 Å². The molecule has 0 spiro atoms. The van der Waals surface area contributed by atoms with Crippen LogP contribution in [0.3, 0.4) is 0 Å². The van der Waals surface area contributed by atoms with Gasteiger partial charge >= 0.3 is 0 Å². The minimum atomic E-state index is -0.643. The molecule has 2 aliphatic rings. The lowest BCUT2D eigenvalue weighted by Gasteiger charge is -2.35. The summed E-state index contributed by atoms with van der Waals surface area (Å²) in [5.41, 5.74) is 4.52. The van der Waals surface area contributed by atoms with E-state index in [1.54, 1.807) is 23.1 Å². The number of amides is 1. The number of allylic oxidation sites excluding steroid dienone is 1. The maximum Gasteiger partial charge on any atom is 0.227 e. The lowest BCUT2D eigenvalue weighted by Crippen LogP contribution is -2.38. The lowest BCUT2D eigenvalue weighted by molar-refractivity contribution is -0.119. The molecule has 4 nitrogen and oxygen atoms in total. The highest BCUT2D eigenvalue weighted by Crippen LogP contribution is 2.48. The molecule has 0 saturated carbocycles. The molecule has 37 heavy (non-hydrogen) atoms. The molecule has 2 atom stereocenters. The van der Waals surface area contributed by atoms with Gasteiger partial charge in [-0.15, -0.1) is 0 Å². The Morgan fingerprint density at radius 1 is 1.00 bits per heavy atom. The van der Waals surface area contributed by atoms with Crippen molar-refractivity contribution in [2.75, 3.05) is 10.2 Å². The Morgan fingerprint density at radius 2 is 1.73 bits per heavy atom. The summed E-state index contributed by atoms with van der Waals surface area (Å²) in [4.78, 5) is 29.6. The number of hydrogen-bond donors (Lipinski definition) is 1. The number of nitrogens with zero attached hydrogens (tertiary/aromatic N) is 1. The standard InChI is InChI=1S/C31H30ClFN2O2/c1-2-3-4-13-29(37)35-27-12-8-7-11-25(27)34-26-18-21(20-14-16-22(33)17-15-20)19-28(36)30(26)31(35)23-9-5-6-10-24(23)32/h5-12,14-17,21,31,34H,2-4,13,18-19H2,1H3/t21-,31+/m0/s1. The van der Waals surface area contributed by atoms with Crippen molar-refractivity contribution in [3.63, 3.8) is 0 Å². The second-order valence-corrected chi connectivity index (χ2v) is 10.2. The van der Waals surface area contributed by atoms with Gasteiger partial charge in [0.05, 0.1) is 17.4 Å². The summed E-state index contributed by atoms with van der Waals surface area (Å²) in [7, 11) is 0. The first-order valence-corrected chi connectivity index (χ1v) is 13.3. The number of carbonyl (C=O) groups is 2. The fourth-order valence-electron chi connectivity index (χ4n) is 5.47. The van der Waals surface area contributed by atoms with E-state index in [2.05, 4.69) is 12.2 Å². The molecule has 1 N–H and O–H groups in total. The maximum atomic E-state index is 14.0. The second-order valence-electron chi connectivity index (χ2n) is 9.76. The largest absolute Gasteiger partial charge is 0.357 e. The number of unbranched alkanes of at least 4 members (excludes halogenated alkanes) is 2. The summed E-state index contributed by atoms with van der Waals surface area (Å²) < 4.78 is 13.6. The summed E-state index contributed by atoms with van der Waals surface area (Å²) in [6.07, 6.45) is 3.99. The Hall–Kier alpha value is -3.44. The van der Waals surface area contributed by atoms with Gasteiger partial charge in [-0.25, -0.2) is 4.39 Å². The van der Waals surface area contributed by atoms with Crippen molar-refractivity contribution >= 4 is 34.7 Å². The van der Waals surface area contributed by atoms with Crippen LogP contribution in [0, 0.1) is 5.82 Å². The zero-order chi connectivity index (χ0) is 25.9. The van der Waals surface area contributed by atoms with E-state index in [0.717, 1.165) is 47.5 Å². The number of anilines is 2. The SMILES string of the molecule is CCCCCC(=O)N1c2ccccc2NC2=C(C(=O)C[C@@H](c3ccc(F)cc3)C2)[C@H]1c1ccccc1Cl. The topological polar surface area (TPSA) is 49.4 Å². The van der Waals surface area contributed by atoms with Crippen LogP contribution in [-0.2, 0) is 9.59 Å². The number of fused-ring (bicyclic) bond motifs is 1. The highest BCUT2D eigenvalue weighted by atomic mass is 35.5. The van der Waals surface area contributed by atoms with Crippen LogP contribution in [0.25, 0.3) is 0 Å². The van der Waals surface area contributed by atoms with Crippen molar-refractivity contribution in [1.29, 1.82) is 0 Å². The van der Waals surface area contributed by atoms with Gasteiger partial charge in [0.2, 0.25) is 5.91 Å². The normalized spacial score (nSPS) is 19.1. The molecule has 3 aromatic rings. The van der Waals surface area contributed by atoms with Crippen molar-refractivity contribution in [3.05, 3.63) is 106 Å². The van der Waals surface area contributed by atoms with E-state index in [-0.39, 0.29) is 29.8 Å². The first-order valence-electron chi connectivity index (χ1n) is 12.9. The highest BCUT2D eigenvalue weighted by molar-refractivity contribution is 6.31. The van der Waals surface area contributed by atoms with Gasteiger partial charge < -0.3 is 5.32 Å². The van der Waals surface area contributed by atoms with E-state index in [9.17, 15) is 14.0 Å². The van der Waals surface area contributed by atoms with Gasteiger partial charge in [-0.05, 0) is 60.2 Å². The van der Waals surface area contributed by atoms with Crippen LogP contribution in [0.15, 0.2) is 84.1 Å². The molecule has 190 valence electrons. The minimum Gasteiger partial charge on any atom is -0.357 e. The zero-order valence-corrected chi connectivity index (χ0v) is 21.6. The molecule has 0 bridgehead atoms. The average Bonchev–Trinajstić information content (AvgIpc) is 3.04. The number of para-hydroxylation sites is 2. The van der Waals surface area contributed by atoms with Crippen molar-refractivity contribution in [2.24, 2.45) is 0 Å². The fourth-order valence-corrected chi connectivity index (χ4v) is 5.71. The molecular formula is C31H30ClFN2O2. The van der Waals surface area contributed by atoms with E-state index in [4.69, 9.17) is 11.6 Å². The highest BCUT2D eigenvalue weighted by Gasteiger charge is 2.42. The average molecular weight is 517 g/mol. The van der Waals surface area contributed by atoms with Crippen LogP contribution in [-0.4, -0.2) is 11.7 Å². The number of Topliss-reactive ketones (excluding diaryl/α,β-unsaturated/α-hetero) is 1. The molecule has 5 rings (SSSR count). The summed E-state index contributed by atoms with van der Waals surface area (Å²) in [5, 5.41) is 4.03. The zero-order valence-electron chi connectivity index (χ0n) is 20.8. The molecule has 0 fully saturated rings. The van der Waals surface area contributed by atoms with E-state index < -0.39 is 6.04 Å². The quantitative estimate of drug-likeness (QED) is 0.338. The van der Waals surface area contributed by atoms with E-state index >= 15 is 0 Å². The Morgan fingerprint density at radius 3 is 2.49 bits per heavy atom. The second kappa shape index (κ2) is 10.9. The third-order valence-corrected chi connectivity index (χ3v) is 7.64. The molecule has 0 saturated heterocycles. The van der Waals surface area contributed by atoms with E-state index in [0.29, 0.717) is 23.4 Å². The third kappa shape index (κ3) is 5.05. The van der Waals surface area contributed by atoms with Crippen LogP contribution in [0.2, 0.25) is 5.02 Å². The number of halogens is 2. The number of benzene rings is 3. The summed E-state index contributed by atoms with van der Waals surface area (Å²) in [6.45, 7) is 2.11. The molecule has 1 aliphatic carbocycles. The fraction of sp³-hybridized carbons (Fsp3) is 0.290. The Kier molecular flexibility index (Phi) is 7.43. The van der Waals surface area contributed by atoms with Gasteiger partial charge in [0.1, 0.15) is 5.82 Å². The monoisotopic (exact) mass is 516 g/mol. The van der Waals surface area contributed by atoms with Crippen LogP contribution in [0.5, 0.6) is 0 Å². The molecule has 0 radical (unpaired) electrons. The smallest absolute Gasteiger partial charge is 0.227 e. The Balaban J connectivity index is 1.67. The summed E-state index contributed by atoms with van der Waals surface area (Å²) in [6, 6.07) is 20.8. The molecule has 1 aliphatic heterocycles. The predicted octanol–water partition coefficient (Wildman–Crippen LogP) is 7.96. The first kappa shape index (κ1) is 25.2. The molecule has 3 aromatic carbocycles. The van der Waals surface area contributed by atoms with Crippen molar-refractivity contribution in [3.8, 4) is 0 Å².